The summed E-state index contributed by atoms with van der Waals surface area (Å²) in [6, 6.07) is 4.05. The molecule has 0 amide bonds. The number of hydrogen-bond donors (Lipinski definition) is 1. The summed E-state index contributed by atoms with van der Waals surface area (Å²) in [6.07, 6.45) is 0.769. The molecule has 0 fully saturated rings. The van der Waals surface area contributed by atoms with Crippen LogP contribution < -0.4 is 15.2 Å². The monoisotopic (exact) mass is 237 g/mol. The van der Waals surface area contributed by atoms with E-state index in [2.05, 4.69) is 0 Å². The van der Waals surface area contributed by atoms with Gasteiger partial charge in [-0.2, -0.15) is 0 Å². The van der Waals surface area contributed by atoms with Gasteiger partial charge in [-0.05, 0) is 25.0 Å². The fourth-order valence-electron chi connectivity index (χ4n) is 2.05. The molecule has 0 aliphatic carbocycles. The summed E-state index contributed by atoms with van der Waals surface area (Å²) in [5, 5.41) is 0. The Morgan fingerprint density at radius 3 is 2.82 bits per heavy atom. The molecule has 1 aliphatic rings. The number of rotatable bonds is 4. The maximum atomic E-state index is 5.89. The van der Waals surface area contributed by atoms with Crippen LogP contribution in [0.4, 0.5) is 0 Å². The van der Waals surface area contributed by atoms with E-state index in [1.807, 2.05) is 19.1 Å². The third kappa shape index (κ3) is 2.70. The van der Waals surface area contributed by atoms with Crippen LogP contribution in [0.5, 0.6) is 11.5 Å². The molecular formula is C13H19NO3. The fourth-order valence-corrected chi connectivity index (χ4v) is 2.05. The molecule has 0 spiro atoms. The van der Waals surface area contributed by atoms with Crippen molar-refractivity contribution in [3.8, 4) is 11.5 Å². The average Bonchev–Trinajstić information content (AvgIpc) is 2.32. The molecule has 1 heterocycles. The number of ether oxygens (including phenoxy) is 3. The van der Waals surface area contributed by atoms with E-state index in [1.165, 1.54) is 0 Å². The first-order chi connectivity index (χ1) is 8.22. The first-order valence-electron chi connectivity index (χ1n) is 5.87. The molecule has 1 atom stereocenters. The zero-order chi connectivity index (χ0) is 12.3. The predicted octanol–water partition coefficient (Wildman–Crippen LogP) is 1.49. The van der Waals surface area contributed by atoms with Crippen molar-refractivity contribution in [3.63, 3.8) is 0 Å². The second-order valence-corrected chi connectivity index (χ2v) is 4.34. The van der Waals surface area contributed by atoms with Gasteiger partial charge in [-0.1, -0.05) is 6.07 Å². The van der Waals surface area contributed by atoms with Crippen LogP contribution in [0, 0.1) is 0 Å². The first kappa shape index (κ1) is 12.2. The summed E-state index contributed by atoms with van der Waals surface area (Å²) in [4.78, 5) is 0. The highest BCUT2D eigenvalue weighted by Crippen LogP contribution is 2.36. The van der Waals surface area contributed by atoms with Gasteiger partial charge in [0.25, 0.3) is 0 Å². The number of fused-ring (bicyclic) bond motifs is 1. The van der Waals surface area contributed by atoms with Crippen LogP contribution in [0.3, 0.4) is 0 Å². The van der Waals surface area contributed by atoms with E-state index in [0.717, 1.165) is 29.0 Å². The molecule has 0 saturated carbocycles. The number of hydrogen-bond acceptors (Lipinski definition) is 4. The molecule has 94 valence electrons. The van der Waals surface area contributed by atoms with Crippen LogP contribution >= 0.6 is 0 Å². The average molecular weight is 237 g/mol. The lowest BCUT2D eigenvalue weighted by molar-refractivity contribution is 0.165. The van der Waals surface area contributed by atoms with Gasteiger partial charge < -0.3 is 19.9 Å². The van der Waals surface area contributed by atoms with Crippen molar-refractivity contribution in [2.45, 2.75) is 26.0 Å². The number of nitrogens with two attached hydrogens (primary N) is 1. The summed E-state index contributed by atoms with van der Waals surface area (Å²) in [5.74, 6) is 1.65. The molecule has 1 aliphatic heterocycles. The van der Waals surface area contributed by atoms with Gasteiger partial charge in [-0.3, -0.25) is 0 Å². The van der Waals surface area contributed by atoms with Gasteiger partial charge in [-0.15, -0.1) is 0 Å². The van der Waals surface area contributed by atoms with Gasteiger partial charge in [0.1, 0.15) is 13.2 Å². The minimum atomic E-state index is 0.0858. The van der Waals surface area contributed by atoms with Gasteiger partial charge in [0, 0.05) is 18.7 Å². The Hall–Kier alpha value is -1.26. The minimum absolute atomic E-state index is 0.0858. The molecule has 4 heteroatoms. The van der Waals surface area contributed by atoms with E-state index in [9.17, 15) is 0 Å². The standard InChI is InChI=1S/C13H19NO3/c1-9(14)7-11-10(8-15-2)3-4-12-13(11)17-6-5-16-12/h3-4,9H,5-8,14H2,1-2H3. The van der Waals surface area contributed by atoms with Crippen molar-refractivity contribution in [1.29, 1.82) is 0 Å². The van der Waals surface area contributed by atoms with Crippen LogP contribution in [0.1, 0.15) is 18.1 Å². The fraction of sp³-hybridized carbons (Fsp3) is 0.538. The van der Waals surface area contributed by atoms with Crippen LogP contribution in [-0.2, 0) is 17.8 Å². The molecule has 0 bridgehead atoms. The van der Waals surface area contributed by atoms with Crippen molar-refractivity contribution in [1.82, 2.24) is 0 Å². The molecule has 1 unspecified atom stereocenters. The summed E-state index contributed by atoms with van der Waals surface area (Å²) in [7, 11) is 1.69. The molecule has 2 rings (SSSR count). The largest absolute Gasteiger partial charge is 0.486 e. The van der Waals surface area contributed by atoms with E-state index in [1.54, 1.807) is 7.11 Å². The molecule has 0 saturated heterocycles. The van der Waals surface area contributed by atoms with Crippen LogP contribution in [-0.4, -0.2) is 26.4 Å². The highest BCUT2D eigenvalue weighted by molar-refractivity contribution is 5.51. The Bertz CT molecular complexity index is 390. The quantitative estimate of drug-likeness (QED) is 0.862. The van der Waals surface area contributed by atoms with Gasteiger partial charge in [0.05, 0.1) is 6.61 Å². The molecule has 1 aromatic carbocycles. The van der Waals surface area contributed by atoms with Crippen molar-refractivity contribution in [2.75, 3.05) is 20.3 Å². The Kier molecular flexibility index (Phi) is 3.86. The van der Waals surface area contributed by atoms with E-state index < -0.39 is 0 Å². The lowest BCUT2D eigenvalue weighted by Gasteiger charge is -2.23. The smallest absolute Gasteiger partial charge is 0.164 e. The Morgan fingerprint density at radius 1 is 1.35 bits per heavy atom. The molecule has 4 nitrogen and oxygen atoms in total. The molecule has 17 heavy (non-hydrogen) atoms. The molecule has 2 N–H and O–H groups in total. The molecule has 1 aromatic rings. The lowest BCUT2D eigenvalue weighted by Crippen LogP contribution is -2.22. The molecule has 0 aromatic heterocycles. The van der Waals surface area contributed by atoms with Crippen LogP contribution in [0.2, 0.25) is 0 Å². The molecule has 0 radical (unpaired) electrons. The Balaban J connectivity index is 2.39. The van der Waals surface area contributed by atoms with Gasteiger partial charge in [-0.25, -0.2) is 0 Å². The van der Waals surface area contributed by atoms with Crippen LogP contribution in [0.25, 0.3) is 0 Å². The first-order valence-corrected chi connectivity index (χ1v) is 5.87. The normalized spacial score (nSPS) is 15.7. The maximum absolute atomic E-state index is 5.89. The van der Waals surface area contributed by atoms with Crippen molar-refractivity contribution in [3.05, 3.63) is 23.3 Å². The second kappa shape index (κ2) is 5.38. The second-order valence-electron chi connectivity index (χ2n) is 4.34. The zero-order valence-corrected chi connectivity index (χ0v) is 10.4. The van der Waals surface area contributed by atoms with Gasteiger partial charge >= 0.3 is 0 Å². The Labute approximate surface area is 102 Å². The van der Waals surface area contributed by atoms with Gasteiger partial charge in [0.15, 0.2) is 11.5 Å². The number of benzene rings is 1. The van der Waals surface area contributed by atoms with Crippen LogP contribution in [0.15, 0.2) is 12.1 Å². The SMILES string of the molecule is COCc1ccc2c(c1CC(C)N)OCCO2. The summed E-state index contributed by atoms with van der Waals surface area (Å²) in [6.45, 7) is 3.75. The van der Waals surface area contributed by atoms with Crippen molar-refractivity contribution in [2.24, 2.45) is 5.73 Å². The van der Waals surface area contributed by atoms with Gasteiger partial charge in [0.2, 0.25) is 0 Å². The van der Waals surface area contributed by atoms with E-state index in [4.69, 9.17) is 19.9 Å². The van der Waals surface area contributed by atoms with Crippen molar-refractivity contribution < 1.29 is 14.2 Å². The third-order valence-electron chi connectivity index (χ3n) is 2.73. The highest BCUT2D eigenvalue weighted by atomic mass is 16.6. The van der Waals surface area contributed by atoms with E-state index in [0.29, 0.717) is 19.8 Å². The minimum Gasteiger partial charge on any atom is -0.486 e. The lowest BCUT2D eigenvalue weighted by atomic mass is 9.99. The maximum Gasteiger partial charge on any atom is 0.164 e. The van der Waals surface area contributed by atoms with E-state index in [-0.39, 0.29) is 6.04 Å². The highest BCUT2D eigenvalue weighted by Gasteiger charge is 2.19. The summed E-state index contributed by atoms with van der Waals surface area (Å²) >= 11 is 0. The predicted molar refractivity (Wildman–Crippen MR) is 65.5 cm³/mol. The van der Waals surface area contributed by atoms with Crippen molar-refractivity contribution >= 4 is 0 Å². The summed E-state index contributed by atoms with van der Waals surface area (Å²) in [5.41, 5.74) is 8.12. The topological polar surface area (TPSA) is 53.7 Å². The van der Waals surface area contributed by atoms with E-state index >= 15 is 0 Å². The zero-order valence-electron chi connectivity index (χ0n) is 10.4. The Morgan fingerprint density at radius 2 is 2.12 bits per heavy atom. The number of methoxy groups -OCH3 is 1. The molecular weight excluding hydrogens is 218 g/mol. The summed E-state index contributed by atoms with van der Waals surface area (Å²) < 4.78 is 16.5. The third-order valence-corrected chi connectivity index (χ3v) is 2.73.